The van der Waals surface area contributed by atoms with Crippen LogP contribution in [0.2, 0.25) is 10.0 Å². The van der Waals surface area contributed by atoms with E-state index >= 15 is 0 Å². The van der Waals surface area contributed by atoms with E-state index in [2.05, 4.69) is 25.9 Å². The number of nitrogens with two attached hydrogens (primary N) is 1. The fourth-order valence-electron chi connectivity index (χ4n) is 3.80. The Morgan fingerprint density at radius 1 is 1.10 bits per heavy atom. The van der Waals surface area contributed by atoms with E-state index in [9.17, 15) is 9.90 Å². The number of para-hydroxylation sites is 1. The molecule has 0 spiro atoms. The number of ether oxygens (including phenoxy) is 1. The smallest absolute Gasteiger partial charge is 0.337 e. The third-order valence-corrected chi connectivity index (χ3v) is 6.11. The van der Waals surface area contributed by atoms with E-state index in [0.29, 0.717) is 70.8 Å². The molecule has 4 rings (SSSR count). The van der Waals surface area contributed by atoms with Crippen molar-refractivity contribution in [1.29, 1.82) is 0 Å². The summed E-state index contributed by atoms with van der Waals surface area (Å²) in [5, 5.41) is 20.5. The SMILES string of the molecule is Cc1cc(NCCOCCN)c(NCc2ncc(-c3cc(Cl)ccc3Cl)o2)c(Nc2ccccc2C(=O)O)n1. The molecule has 12 heteroatoms. The number of carboxylic acid groups (broad SMARTS) is 1. The van der Waals surface area contributed by atoms with Crippen molar-refractivity contribution in [3.63, 3.8) is 0 Å². The zero-order valence-corrected chi connectivity index (χ0v) is 22.6. The zero-order chi connectivity index (χ0) is 27.8. The Kier molecular flexibility index (Phi) is 9.61. The number of aromatic carboxylic acids is 1. The van der Waals surface area contributed by atoms with Crippen molar-refractivity contribution in [3.05, 3.63) is 81.9 Å². The molecule has 2 aromatic heterocycles. The fraction of sp³-hybridized carbons (Fsp3) is 0.222. The molecule has 39 heavy (non-hydrogen) atoms. The first-order chi connectivity index (χ1) is 18.9. The molecule has 0 saturated heterocycles. The summed E-state index contributed by atoms with van der Waals surface area (Å²) in [5.41, 5.74) is 8.70. The lowest BCUT2D eigenvalue weighted by molar-refractivity contribution is 0.0698. The van der Waals surface area contributed by atoms with E-state index < -0.39 is 5.97 Å². The highest BCUT2D eigenvalue weighted by Crippen LogP contribution is 2.35. The van der Waals surface area contributed by atoms with Crippen LogP contribution in [0.4, 0.5) is 22.9 Å². The van der Waals surface area contributed by atoms with Crippen molar-refractivity contribution in [2.75, 3.05) is 42.3 Å². The predicted molar refractivity (Wildman–Crippen MR) is 153 cm³/mol. The average molecular weight is 571 g/mol. The molecule has 0 bridgehead atoms. The van der Waals surface area contributed by atoms with Gasteiger partial charge >= 0.3 is 5.97 Å². The second-order valence-corrected chi connectivity index (χ2v) is 9.28. The molecule has 0 radical (unpaired) electrons. The van der Waals surface area contributed by atoms with Gasteiger partial charge in [0.25, 0.3) is 0 Å². The second-order valence-electron chi connectivity index (χ2n) is 8.43. The number of halogens is 2. The number of nitrogens with one attached hydrogen (secondary N) is 3. The molecule has 0 unspecified atom stereocenters. The number of nitrogens with zero attached hydrogens (tertiary/aromatic N) is 2. The molecule has 0 fully saturated rings. The summed E-state index contributed by atoms with van der Waals surface area (Å²) < 4.78 is 11.4. The minimum Gasteiger partial charge on any atom is -0.478 e. The van der Waals surface area contributed by atoms with Gasteiger partial charge in [-0.15, -0.1) is 0 Å². The fourth-order valence-corrected chi connectivity index (χ4v) is 4.18. The van der Waals surface area contributed by atoms with Crippen molar-refractivity contribution in [1.82, 2.24) is 9.97 Å². The van der Waals surface area contributed by atoms with Gasteiger partial charge in [0.2, 0.25) is 5.89 Å². The number of pyridine rings is 1. The monoisotopic (exact) mass is 570 g/mol. The number of carbonyl (C=O) groups is 1. The number of rotatable bonds is 13. The molecular formula is C27H28Cl2N6O4. The number of anilines is 4. The quantitative estimate of drug-likeness (QED) is 0.125. The van der Waals surface area contributed by atoms with E-state index in [4.69, 9.17) is 38.1 Å². The first kappa shape index (κ1) is 28.2. The lowest BCUT2D eigenvalue weighted by Gasteiger charge is -2.19. The Balaban J connectivity index is 1.62. The predicted octanol–water partition coefficient (Wildman–Crippen LogP) is 5.79. The largest absolute Gasteiger partial charge is 0.478 e. The third-order valence-electron chi connectivity index (χ3n) is 5.55. The number of hydrogen-bond acceptors (Lipinski definition) is 9. The van der Waals surface area contributed by atoms with E-state index in [1.165, 1.54) is 6.07 Å². The summed E-state index contributed by atoms with van der Waals surface area (Å²) in [5.74, 6) is 0.252. The van der Waals surface area contributed by atoms with Crippen LogP contribution in [0.25, 0.3) is 11.3 Å². The van der Waals surface area contributed by atoms with Gasteiger partial charge in [-0.2, -0.15) is 0 Å². The Morgan fingerprint density at radius 3 is 2.72 bits per heavy atom. The standard InChI is InChI=1S/C27H28Cl2N6O4/c1-16-12-22(31-9-11-38-10-8-30)25(26(34-16)35-21-5-3-2-4-18(21)27(36)37)33-15-24-32-14-23(39-24)19-13-17(28)6-7-20(19)29/h2-7,12-14,33H,8-11,15,30H2,1H3,(H,36,37)(H2,31,34,35). The van der Waals surface area contributed by atoms with Crippen LogP contribution in [-0.4, -0.2) is 47.3 Å². The highest BCUT2D eigenvalue weighted by molar-refractivity contribution is 6.35. The summed E-state index contributed by atoms with van der Waals surface area (Å²) in [6, 6.07) is 13.6. The lowest BCUT2D eigenvalue weighted by Crippen LogP contribution is -2.16. The van der Waals surface area contributed by atoms with Gasteiger partial charge in [-0.05, 0) is 43.3 Å². The van der Waals surface area contributed by atoms with Crippen LogP contribution in [0.3, 0.4) is 0 Å². The summed E-state index contributed by atoms with van der Waals surface area (Å²) in [4.78, 5) is 20.8. The van der Waals surface area contributed by atoms with E-state index in [1.54, 1.807) is 42.6 Å². The van der Waals surface area contributed by atoms with Crippen LogP contribution >= 0.6 is 23.2 Å². The van der Waals surface area contributed by atoms with E-state index in [-0.39, 0.29) is 12.1 Å². The first-order valence-electron chi connectivity index (χ1n) is 12.1. The minimum atomic E-state index is -1.05. The van der Waals surface area contributed by atoms with Gasteiger partial charge < -0.3 is 35.9 Å². The third kappa shape index (κ3) is 7.39. The van der Waals surface area contributed by atoms with Crippen LogP contribution < -0.4 is 21.7 Å². The maximum atomic E-state index is 11.8. The minimum absolute atomic E-state index is 0.118. The van der Waals surface area contributed by atoms with Crippen LogP contribution in [0.1, 0.15) is 21.9 Å². The van der Waals surface area contributed by atoms with Crippen LogP contribution in [0.5, 0.6) is 0 Å². The molecule has 204 valence electrons. The number of aryl methyl sites for hydroxylation is 1. The maximum Gasteiger partial charge on any atom is 0.337 e. The van der Waals surface area contributed by atoms with Gasteiger partial charge in [0.15, 0.2) is 11.6 Å². The molecule has 0 saturated carbocycles. The topological polar surface area (TPSA) is 148 Å². The van der Waals surface area contributed by atoms with Crippen molar-refractivity contribution in [2.24, 2.45) is 5.73 Å². The van der Waals surface area contributed by atoms with Gasteiger partial charge in [-0.1, -0.05) is 35.3 Å². The van der Waals surface area contributed by atoms with Crippen molar-refractivity contribution in [3.8, 4) is 11.3 Å². The van der Waals surface area contributed by atoms with Crippen molar-refractivity contribution in [2.45, 2.75) is 13.5 Å². The van der Waals surface area contributed by atoms with E-state index in [0.717, 1.165) is 11.4 Å². The van der Waals surface area contributed by atoms with Gasteiger partial charge in [-0.3, -0.25) is 0 Å². The van der Waals surface area contributed by atoms with Crippen molar-refractivity contribution < 1.29 is 19.1 Å². The molecule has 0 amide bonds. The summed E-state index contributed by atoms with van der Waals surface area (Å²) in [6.45, 7) is 3.92. The van der Waals surface area contributed by atoms with Crippen molar-refractivity contribution >= 4 is 52.1 Å². The van der Waals surface area contributed by atoms with Gasteiger partial charge in [0.1, 0.15) is 5.69 Å². The number of carboxylic acids is 1. The Morgan fingerprint density at radius 2 is 1.92 bits per heavy atom. The number of aromatic nitrogens is 2. The van der Waals surface area contributed by atoms with Crippen LogP contribution in [0, 0.1) is 6.92 Å². The molecule has 4 aromatic rings. The molecule has 6 N–H and O–H groups in total. The van der Waals surface area contributed by atoms with Gasteiger partial charge in [-0.25, -0.2) is 14.8 Å². The summed E-state index contributed by atoms with van der Waals surface area (Å²) in [7, 11) is 0. The molecule has 0 atom stereocenters. The molecule has 2 heterocycles. The summed E-state index contributed by atoms with van der Waals surface area (Å²) in [6.07, 6.45) is 1.58. The Bertz CT molecular complexity index is 1450. The average Bonchev–Trinajstić information content (AvgIpc) is 3.38. The van der Waals surface area contributed by atoms with Gasteiger partial charge in [0, 0.05) is 29.4 Å². The molecular weight excluding hydrogens is 543 g/mol. The Labute approximate surface area is 235 Å². The van der Waals surface area contributed by atoms with Crippen LogP contribution in [0.15, 0.2) is 59.1 Å². The Hall–Kier alpha value is -3.83. The number of hydrogen-bond donors (Lipinski definition) is 5. The highest BCUT2D eigenvalue weighted by Gasteiger charge is 2.17. The number of benzene rings is 2. The second kappa shape index (κ2) is 13.3. The van der Waals surface area contributed by atoms with Crippen LogP contribution in [-0.2, 0) is 11.3 Å². The lowest BCUT2D eigenvalue weighted by atomic mass is 10.1. The zero-order valence-electron chi connectivity index (χ0n) is 21.1. The van der Waals surface area contributed by atoms with Gasteiger partial charge in [0.05, 0.1) is 47.9 Å². The maximum absolute atomic E-state index is 11.8. The molecule has 0 aliphatic carbocycles. The summed E-state index contributed by atoms with van der Waals surface area (Å²) >= 11 is 12.4. The highest BCUT2D eigenvalue weighted by atomic mass is 35.5. The van der Waals surface area contributed by atoms with E-state index in [1.807, 2.05) is 13.0 Å². The first-order valence-corrected chi connectivity index (χ1v) is 12.9. The molecule has 10 nitrogen and oxygen atoms in total. The molecule has 0 aliphatic rings. The molecule has 2 aromatic carbocycles. The molecule has 0 aliphatic heterocycles. The normalized spacial score (nSPS) is 10.9. The number of oxazole rings is 1.